The van der Waals surface area contributed by atoms with Gasteiger partial charge in [-0.2, -0.15) is 0 Å². The lowest BCUT2D eigenvalue weighted by atomic mass is 10.1. The molecule has 0 aliphatic carbocycles. The Balaban J connectivity index is 1.74. The van der Waals surface area contributed by atoms with Crippen molar-refractivity contribution in [3.63, 3.8) is 0 Å². The Hall–Kier alpha value is -0.840. The van der Waals surface area contributed by atoms with Gasteiger partial charge in [-0.15, -0.1) is 11.8 Å². The summed E-state index contributed by atoms with van der Waals surface area (Å²) in [4.78, 5) is 16.2. The average molecular weight is 371 g/mol. The fraction of sp³-hybridized carbons (Fsp3) is 0.200. The molecule has 0 aliphatic rings. The molecule has 2 aromatic rings. The Morgan fingerprint density at radius 2 is 1.95 bits per heavy atom. The van der Waals surface area contributed by atoms with Crippen molar-refractivity contribution in [2.24, 2.45) is 0 Å². The number of hydrogen-bond donors (Lipinski definition) is 0. The SMILES string of the molecule is O=C(CCCSc1ccc(Cl)cn1)c1ccc(Br)cc1. The van der Waals surface area contributed by atoms with Gasteiger partial charge in [0.2, 0.25) is 0 Å². The van der Waals surface area contributed by atoms with Crippen LogP contribution in [0.3, 0.4) is 0 Å². The number of aromatic nitrogens is 1. The quantitative estimate of drug-likeness (QED) is 0.395. The number of ketones is 1. The summed E-state index contributed by atoms with van der Waals surface area (Å²) in [5.74, 6) is 1.05. The lowest BCUT2D eigenvalue weighted by Crippen LogP contribution is -1.99. The summed E-state index contributed by atoms with van der Waals surface area (Å²) in [5, 5.41) is 1.57. The molecule has 0 N–H and O–H groups in total. The molecule has 0 bridgehead atoms. The first-order valence-corrected chi connectivity index (χ1v) is 8.34. The average Bonchev–Trinajstić information content (AvgIpc) is 2.46. The molecular weight excluding hydrogens is 358 g/mol. The van der Waals surface area contributed by atoms with Gasteiger partial charge in [-0.3, -0.25) is 4.79 Å². The van der Waals surface area contributed by atoms with E-state index in [1.165, 1.54) is 0 Å². The van der Waals surface area contributed by atoms with E-state index in [1.54, 1.807) is 18.0 Å². The molecule has 0 unspecified atom stereocenters. The first kappa shape index (κ1) is 15.5. The van der Waals surface area contributed by atoms with Crippen LogP contribution in [0.2, 0.25) is 5.02 Å². The van der Waals surface area contributed by atoms with Crippen molar-refractivity contribution in [3.8, 4) is 0 Å². The molecule has 5 heteroatoms. The molecule has 1 heterocycles. The molecule has 0 radical (unpaired) electrons. The van der Waals surface area contributed by atoms with E-state index >= 15 is 0 Å². The zero-order valence-electron chi connectivity index (χ0n) is 10.7. The molecular formula is C15H13BrClNOS. The smallest absolute Gasteiger partial charge is 0.162 e. The summed E-state index contributed by atoms with van der Waals surface area (Å²) < 4.78 is 0.985. The van der Waals surface area contributed by atoms with Crippen LogP contribution in [0.4, 0.5) is 0 Å². The molecule has 20 heavy (non-hydrogen) atoms. The van der Waals surface area contributed by atoms with Crippen LogP contribution in [0.5, 0.6) is 0 Å². The number of carbonyl (C=O) groups excluding carboxylic acids is 1. The molecule has 2 rings (SSSR count). The normalized spacial score (nSPS) is 10.5. The minimum atomic E-state index is 0.183. The van der Waals surface area contributed by atoms with Gasteiger partial charge in [0.1, 0.15) is 0 Å². The molecule has 0 saturated heterocycles. The maximum Gasteiger partial charge on any atom is 0.162 e. The zero-order chi connectivity index (χ0) is 14.4. The standard InChI is InChI=1S/C15H13BrClNOS/c16-12-5-3-11(4-6-12)14(19)2-1-9-20-15-8-7-13(17)10-18-15/h3-8,10H,1-2,9H2. The van der Waals surface area contributed by atoms with E-state index in [0.29, 0.717) is 11.4 Å². The molecule has 0 atom stereocenters. The van der Waals surface area contributed by atoms with E-state index in [-0.39, 0.29) is 5.78 Å². The molecule has 104 valence electrons. The molecule has 0 aliphatic heterocycles. The topological polar surface area (TPSA) is 30.0 Å². The Morgan fingerprint density at radius 1 is 1.20 bits per heavy atom. The number of thioether (sulfide) groups is 1. The Labute approximate surface area is 136 Å². The van der Waals surface area contributed by atoms with Gasteiger partial charge in [-0.25, -0.2) is 4.98 Å². The summed E-state index contributed by atoms with van der Waals surface area (Å²) in [7, 11) is 0. The van der Waals surface area contributed by atoms with Gasteiger partial charge in [0.15, 0.2) is 5.78 Å². The summed E-state index contributed by atoms with van der Waals surface area (Å²) in [6.45, 7) is 0. The summed E-state index contributed by atoms with van der Waals surface area (Å²) in [5.41, 5.74) is 0.766. The van der Waals surface area contributed by atoms with Gasteiger partial charge in [-0.1, -0.05) is 39.7 Å². The van der Waals surface area contributed by atoms with Gasteiger partial charge >= 0.3 is 0 Å². The highest BCUT2D eigenvalue weighted by Crippen LogP contribution is 2.19. The van der Waals surface area contributed by atoms with Crippen molar-refractivity contribution < 1.29 is 4.79 Å². The Bertz CT molecular complexity index is 571. The lowest BCUT2D eigenvalue weighted by molar-refractivity contribution is 0.0982. The van der Waals surface area contributed by atoms with Crippen LogP contribution in [-0.4, -0.2) is 16.5 Å². The van der Waals surface area contributed by atoms with Crippen LogP contribution in [0.1, 0.15) is 23.2 Å². The fourth-order valence-corrected chi connectivity index (χ4v) is 2.80. The molecule has 0 saturated carbocycles. The highest BCUT2D eigenvalue weighted by molar-refractivity contribution is 9.10. The Kier molecular flexibility index (Phi) is 6.07. The highest BCUT2D eigenvalue weighted by atomic mass is 79.9. The zero-order valence-corrected chi connectivity index (χ0v) is 13.8. The third-order valence-corrected chi connectivity index (χ3v) is 4.45. The van der Waals surface area contributed by atoms with Gasteiger partial charge in [0.05, 0.1) is 10.0 Å². The second-order valence-corrected chi connectivity index (χ2v) is 6.66. The number of benzene rings is 1. The van der Waals surface area contributed by atoms with Crippen molar-refractivity contribution in [2.45, 2.75) is 17.9 Å². The molecule has 1 aromatic carbocycles. The number of carbonyl (C=O) groups is 1. The molecule has 1 aromatic heterocycles. The van der Waals surface area contributed by atoms with E-state index in [9.17, 15) is 4.79 Å². The van der Waals surface area contributed by atoms with E-state index < -0.39 is 0 Å². The molecule has 0 amide bonds. The molecule has 2 nitrogen and oxygen atoms in total. The monoisotopic (exact) mass is 369 g/mol. The number of pyridine rings is 1. The predicted molar refractivity (Wildman–Crippen MR) is 87.7 cm³/mol. The first-order valence-electron chi connectivity index (χ1n) is 6.18. The van der Waals surface area contributed by atoms with Gasteiger partial charge in [0.25, 0.3) is 0 Å². The van der Waals surface area contributed by atoms with Crippen LogP contribution in [0.25, 0.3) is 0 Å². The number of Topliss-reactive ketones (excluding diaryl/α,β-unsaturated/α-hetero) is 1. The van der Waals surface area contributed by atoms with Crippen molar-refractivity contribution in [3.05, 3.63) is 57.7 Å². The summed E-state index contributed by atoms with van der Waals surface area (Å²) in [6.07, 6.45) is 3.03. The maximum absolute atomic E-state index is 12.0. The number of halogens is 2. The number of hydrogen-bond acceptors (Lipinski definition) is 3. The van der Waals surface area contributed by atoms with E-state index in [1.807, 2.05) is 36.4 Å². The second-order valence-electron chi connectivity index (χ2n) is 4.20. The third-order valence-electron chi connectivity index (χ3n) is 2.66. The molecule has 0 spiro atoms. The fourth-order valence-electron chi connectivity index (χ4n) is 1.64. The third kappa shape index (κ3) is 4.93. The van der Waals surface area contributed by atoms with Crippen LogP contribution in [-0.2, 0) is 0 Å². The van der Waals surface area contributed by atoms with Crippen LogP contribution >= 0.6 is 39.3 Å². The van der Waals surface area contributed by atoms with Crippen molar-refractivity contribution >= 4 is 45.1 Å². The van der Waals surface area contributed by atoms with E-state index in [4.69, 9.17) is 11.6 Å². The van der Waals surface area contributed by atoms with E-state index in [0.717, 1.165) is 27.2 Å². The van der Waals surface area contributed by atoms with Crippen LogP contribution in [0, 0.1) is 0 Å². The minimum Gasteiger partial charge on any atom is -0.294 e. The summed E-state index contributed by atoms with van der Waals surface area (Å²) >= 11 is 10.8. The van der Waals surface area contributed by atoms with Crippen LogP contribution < -0.4 is 0 Å². The number of rotatable bonds is 6. The second kappa shape index (κ2) is 7.81. The van der Waals surface area contributed by atoms with Crippen molar-refractivity contribution in [1.29, 1.82) is 0 Å². The largest absolute Gasteiger partial charge is 0.294 e. The van der Waals surface area contributed by atoms with E-state index in [2.05, 4.69) is 20.9 Å². The van der Waals surface area contributed by atoms with Gasteiger partial charge < -0.3 is 0 Å². The minimum absolute atomic E-state index is 0.183. The van der Waals surface area contributed by atoms with Crippen LogP contribution in [0.15, 0.2) is 52.1 Å². The van der Waals surface area contributed by atoms with Gasteiger partial charge in [-0.05, 0) is 36.4 Å². The predicted octanol–water partition coefficient (Wildman–Crippen LogP) is 5.25. The van der Waals surface area contributed by atoms with Gasteiger partial charge in [0, 0.05) is 22.7 Å². The molecule has 0 fully saturated rings. The highest BCUT2D eigenvalue weighted by Gasteiger charge is 2.05. The lowest BCUT2D eigenvalue weighted by Gasteiger charge is -2.02. The maximum atomic E-state index is 12.0. The first-order chi connectivity index (χ1) is 9.65. The number of nitrogens with zero attached hydrogens (tertiary/aromatic N) is 1. The Morgan fingerprint density at radius 3 is 2.60 bits per heavy atom. The van der Waals surface area contributed by atoms with Crippen molar-refractivity contribution in [2.75, 3.05) is 5.75 Å². The van der Waals surface area contributed by atoms with Crippen molar-refractivity contribution in [1.82, 2.24) is 4.98 Å². The summed E-state index contributed by atoms with van der Waals surface area (Å²) in [6, 6.07) is 11.2.